The molecule has 0 radical (unpaired) electrons. The fourth-order valence-electron chi connectivity index (χ4n) is 2.22. The summed E-state index contributed by atoms with van der Waals surface area (Å²) >= 11 is 0. The molecule has 0 aliphatic heterocycles. The molecule has 0 aliphatic carbocycles. The second-order valence-electron chi connectivity index (χ2n) is 6.22. The molecule has 130 valence electrons. The van der Waals surface area contributed by atoms with Crippen molar-refractivity contribution in [3.8, 4) is 0 Å². The van der Waals surface area contributed by atoms with Crippen molar-refractivity contribution in [1.82, 2.24) is 4.57 Å². The Bertz CT molecular complexity index is 811. The molecule has 0 saturated heterocycles. The summed E-state index contributed by atoms with van der Waals surface area (Å²) in [5.41, 5.74) is -2.11. The number of esters is 1. The first-order valence-electron chi connectivity index (χ1n) is 7.11. The SMILES string of the molecule is COC(=O)c1ccc2cc([B-](F)(F)F)n(C(=O)OC(C)(C)C)c2c1.[K+]. The predicted octanol–water partition coefficient (Wildman–Crippen LogP) is 0.269. The maximum Gasteiger partial charge on any atom is 1.00 e. The topological polar surface area (TPSA) is 57.5 Å². The molecule has 2 rings (SSSR count). The molecule has 0 saturated carbocycles. The van der Waals surface area contributed by atoms with Gasteiger partial charge in [0, 0.05) is 0 Å². The Balaban J connectivity index is 0.00000312. The van der Waals surface area contributed by atoms with Crippen LogP contribution in [0.1, 0.15) is 31.1 Å². The normalized spacial score (nSPS) is 11.8. The summed E-state index contributed by atoms with van der Waals surface area (Å²) in [7, 11) is 1.16. The van der Waals surface area contributed by atoms with Crippen LogP contribution in [0.5, 0.6) is 0 Å². The number of ether oxygens (including phenoxy) is 2. The van der Waals surface area contributed by atoms with Crippen molar-refractivity contribution in [3.05, 3.63) is 29.8 Å². The van der Waals surface area contributed by atoms with Crippen LogP contribution in [0.15, 0.2) is 24.3 Å². The Hall–Kier alpha value is -0.809. The summed E-state index contributed by atoms with van der Waals surface area (Å²) in [6.45, 7) is -0.806. The Kier molecular flexibility index (Phi) is 6.96. The minimum absolute atomic E-state index is 0. The number of carbonyl (C=O) groups is 2. The van der Waals surface area contributed by atoms with E-state index in [4.69, 9.17) is 4.74 Å². The van der Waals surface area contributed by atoms with E-state index < -0.39 is 30.2 Å². The smallest absolute Gasteiger partial charge is 0.465 e. The van der Waals surface area contributed by atoms with Crippen molar-refractivity contribution in [2.75, 3.05) is 7.11 Å². The van der Waals surface area contributed by atoms with Crippen molar-refractivity contribution < 1.29 is 83.4 Å². The van der Waals surface area contributed by atoms with Crippen molar-refractivity contribution in [2.24, 2.45) is 0 Å². The van der Waals surface area contributed by atoms with E-state index in [2.05, 4.69) is 4.74 Å². The molecule has 25 heavy (non-hydrogen) atoms. The van der Waals surface area contributed by atoms with E-state index in [0.717, 1.165) is 13.2 Å². The fraction of sp³-hybridized carbons (Fsp3) is 0.333. The molecule has 5 nitrogen and oxygen atoms in total. The summed E-state index contributed by atoms with van der Waals surface area (Å²) in [4.78, 5) is 23.9. The second-order valence-corrected chi connectivity index (χ2v) is 6.22. The van der Waals surface area contributed by atoms with Crippen LogP contribution < -0.4 is 57.0 Å². The van der Waals surface area contributed by atoms with Crippen LogP contribution in [-0.4, -0.2) is 36.3 Å². The Morgan fingerprint density at radius 3 is 2.20 bits per heavy atom. The molecule has 0 fully saturated rings. The molecule has 1 aromatic heterocycles. The zero-order chi connectivity index (χ0) is 18.3. The fourth-order valence-corrected chi connectivity index (χ4v) is 2.22. The van der Waals surface area contributed by atoms with Crippen molar-refractivity contribution >= 4 is 35.5 Å². The molecular formula is C15H16BF3KNO4. The van der Waals surface area contributed by atoms with Gasteiger partial charge in [0.15, 0.2) is 0 Å². The van der Waals surface area contributed by atoms with E-state index in [0.29, 0.717) is 4.57 Å². The largest absolute Gasteiger partial charge is 1.00 e. The molecule has 10 heteroatoms. The molecule has 2 aromatic rings. The maximum atomic E-state index is 13.3. The van der Waals surface area contributed by atoms with E-state index >= 15 is 0 Å². The van der Waals surface area contributed by atoms with Gasteiger partial charge in [0.05, 0.1) is 18.2 Å². The summed E-state index contributed by atoms with van der Waals surface area (Å²) in [5, 5.41) is 0.169. The van der Waals surface area contributed by atoms with Crippen LogP contribution in [0.25, 0.3) is 10.9 Å². The number of hydrogen-bond acceptors (Lipinski definition) is 4. The van der Waals surface area contributed by atoms with Gasteiger partial charge in [0.25, 0.3) is 0 Å². The zero-order valence-electron chi connectivity index (χ0n) is 14.6. The van der Waals surface area contributed by atoms with E-state index in [9.17, 15) is 22.5 Å². The summed E-state index contributed by atoms with van der Waals surface area (Å²) in [5.74, 6) is -0.715. The van der Waals surface area contributed by atoms with Crippen LogP contribution in [0.4, 0.5) is 17.7 Å². The quantitative estimate of drug-likeness (QED) is 0.554. The zero-order valence-corrected chi connectivity index (χ0v) is 17.7. The molecular weight excluding hydrogens is 365 g/mol. The third kappa shape index (κ3) is 5.10. The Morgan fingerprint density at radius 2 is 1.72 bits per heavy atom. The minimum atomic E-state index is -5.46. The summed E-state index contributed by atoms with van der Waals surface area (Å²) < 4.78 is 50.1. The first-order valence-corrected chi connectivity index (χ1v) is 7.11. The number of aromatic nitrogens is 1. The number of carbonyl (C=O) groups excluding carboxylic acids is 2. The van der Waals surface area contributed by atoms with Crippen molar-refractivity contribution in [3.63, 3.8) is 0 Å². The first-order chi connectivity index (χ1) is 10.9. The average molecular weight is 381 g/mol. The van der Waals surface area contributed by atoms with Crippen LogP contribution >= 0.6 is 0 Å². The monoisotopic (exact) mass is 381 g/mol. The van der Waals surface area contributed by atoms with Crippen molar-refractivity contribution in [2.45, 2.75) is 26.4 Å². The van der Waals surface area contributed by atoms with E-state index in [1.807, 2.05) is 0 Å². The van der Waals surface area contributed by atoms with E-state index in [-0.39, 0.29) is 67.9 Å². The predicted molar refractivity (Wildman–Crippen MR) is 83.6 cm³/mol. The maximum absolute atomic E-state index is 13.3. The number of nitrogens with zero attached hydrogens (tertiary/aromatic N) is 1. The number of hydrogen-bond donors (Lipinski definition) is 0. The molecule has 0 N–H and O–H groups in total. The molecule has 1 heterocycles. The van der Waals surface area contributed by atoms with Gasteiger partial charge in [-0.15, -0.1) is 0 Å². The van der Waals surface area contributed by atoms with Crippen LogP contribution in [-0.2, 0) is 9.47 Å². The first kappa shape index (κ1) is 22.2. The summed E-state index contributed by atoms with van der Waals surface area (Å²) in [6, 6.07) is 4.70. The van der Waals surface area contributed by atoms with Gasteiger partial charge in [0.1, 0.15) is 5.60 Å². The van der Waals surface area contributed by atoms with Gasteiger partial charge < -0.3 is 22.4 Å². The third-order valence-electron chi connectivity index (χ3n) is 3.17. The van der Waals surface area contributed by atoms with Gasteiger partial charge in [-0.2, -0.15) is 0 Å². The van der Waals surface area contributed by atoms with Crippen LogP contribution in [0, 0.1) is 0 Å². The standard InChI is InChI=1S/C15H16BF3NO4.K/c1-15(2,3)24-14(22)20-11-7-10(13(21)23-4)6-5-9(11)8-12(20)16(17,18)19;/h5-8H,1-4H3;/q-1;+1. The van der Waals surface area contributed by atoms with Crippen LogP contribution in [0.3, 0.4) is 0 Å². The average Bonchev–Trinajstić information content (AvgIpc) is 2.83. The number of methoxy groups -OCH3 is 1. The van der Waals surface area contributed by atoms with Gasteiger partial charge >= 0.3 is 70.4 Å². The van der Waals surface area contributed by atoms with Crippen LogP contribution in [0.2, 0.25) is 0 Å². The third-order valence-corrected chi connectivity index (χ3v) is 3.17. The second kappa shape index (κ2) is 7.83. The number of halogens is 3. The number of fused-ring (bicyclic) bond motifs is 1. The summed E-state index contributed by atoms with van der Waals surface area (Å²) in [6.07, 6.45) is -1.16. The Morgan fingerprint density at radius 1 is 1.12 bits per heavy atom. The molecule has 1 aromatic carbocycles. The van der Waals surface area contributed by atoms with Gasteiger partial charge in [-0.3, -0.25) is 4.57 Å². The Labute approximate surface area is 185 Å². The molecule has 0 bridgehead atoms. The molecule has 0 unspecified atom stereocenters. The van der Waals surface area contributed by atoms with Gasteiger partial charge in [0.2, 0.25) is 0 Å². The van der Waals surface area contributed by atoms with Crippen molar-refractivity contribution in [1.29, 1.82) is 0 Å². The van der Waals surface area contributed by atoms with Gasteiger partial charge in [-0.1, -0.05) is 12.1 Å². The number of benzene rings is 1. The molecule has 0 amide bonds. The minimum Gasteiger partial charge on any atom is -0.465 e. The molecule has 0 spiro atoms. The van der Waals surface area contributed by atoms with Gasteiger partial charge in [-0.25, -0.2) is 9.59 Å². The van der Waals surface area contributed by atoms with E-state index in [1.54, 1.807) is 20.8 Å². The van der Waals surface area contributed by atoms with E-state index in [1.165, 1.54) is 18.2 Å². The molecule has 0 atom stereocenters. The number of rotatable bonds is 2. The molecule has 0 aliphatic rings. The van der Waals surface area contributed by atoms with Gasteiger partial charge in [-0.05, 0) is 43.9 Å².